The molecule has 1 heterocycles. The van der Waals surface area contributed by atoms with E-state index < -0.39 is 0 Å². The Labute approximate surface area is 199 Å². The van der Waals surface area contributed by atoms with Crippen LogP contribution >= 0.6 is 11.3 Å². The standard InChI is InChI=1S/C27H29N3O2S/c1-29(2)16-7-17-30(27-28-24-15-14-23(32-3)19-25(24)33-27)26(31)22-12-10-21(11-13-22)18-20-8-5-4-6-9-20/h4-6,8-15,19H,7,16-18H2,1-3H3. The number of hydrogen-bond acceptors (Lipinski definition) is 5. The van der Waals surface area contributed by atoms with Gasteiger partial charge in [0.2, 0.25) is 0 Å². The molecule has 170 valence electrons. The fraction of sp³-hybridized carbons (Fsp3) is 0.259. The van der Waals surface area contributed by atoms with Crippen molar-refractivity contribution in [1.82, 2.24) is 9.88 Å². The van der Waals surface area contributed by atoms with Gasteiger partial charge in [0.1, 0.15) is 5.75 Å². The minimum absolute atomic E-state index is 0.0222. The number of benzene rings is 3. The molecular formula is C27H29N3O2S. The quantitative estimate of drug-likeness (QED) is 0.332. The van der Waals surface area contributed by atoms with Crippen LogP contribution in [-0.4, -0.2) is 50.1 Å². The first-order valence-electron chi connectivity index (χ1n) is 11.1. The number of hydrogen-bond donors (Lipinski definition) is 0. The van der Waals surface area contributed by atoms with Crippen LogP contribution in [0.2, 0.25) is 0 Å². The number of amides is 1. The maximum Gasteiger partial charge on any atom is 0.260 e. The van der Waals surface area contributed by atoms with Gasteiger partial charge >= 0.3 is 0 Å². The van der Waals surface area contributed by atoms with E-state index in [-0.39, 0.29) is 5.91 Å². The minimum Gasteiger partial charge on any atom is -0.497 e. The number of methoxy groups -OCH3 is 1. The predicted molar refractivity (Wildman–Crippen MR) is 137 cm³/mol. The Kier molecular flexibility index (Phi) is 7.37. The van der Waals surface area contributed by atoms with E-state index in [2.05, 4.69) is 17.0 Å². The molecule has 0 saturated heterocycles. The molecule has 0 unspecified atom stereocenters. The summed E-state index contributed by atoms with van der Waals surface area (Å²) < 4.78 is 6.35. The van der Waals surface area contributed by atoms with Crippen LogP contribution < -0.4 is 9.64 Å². The van der Waals surface area contributed by atoms with E-state index in [4.69, 9.17) is 9.72 Å². The van der Waals surface area contributed by atoms with Gasteiger partial charge in [-0.3, -0.25) is 9.69 Å². The van der Waals surface area contributed by atoms with E-state index in [1.54, 1.807) is 7.11 Å². The second kappa shape index (κ2) is 10.6. The molecule has 5 nitrogen and oxygen atoms in total. The summed E-state index contributed by atoms with van der Waals surface area (Å²) in [5.41, 5.74) is 3.99. The molecule has 6 heteroatoms. The Morgan fingerprint density at radius 1 is 0.939 bits per heavy atom. The molecule has 0 saturated carbocycles. The van der Waals surface area contributed by atoms with Crippen molar-refractivity contribution in [3.8, 4) is 5.75 Å². The summed E-state index contributed by atoms with van der Waals surface area (Å²) >= 11 is 1.52. The lowest BCUT2D eigenvalue weighted by atomic mass is 10.0. The zero-order valence-electron chi connectivity index (χ0n) is 19.3. The fourth-order valence-corrected chi connectivity index (χ4v) is 4.74. The molecule has 4 aromatic rings. The lowest BCUT2D eigenvalue weighted by Gasteiger charge is -2.21. The summed E-state index contributed by atoms with van der Waals surface area (Å²) in [5, 5.41) is 0.718. The third kappa shape index (κ3) is 5.78. The summed E-state index contributed by atoms with van der Waals surface area (Å²) in [6.07, 6.45) is 1.71. The van der Waals surface area contributed by atoms with Gasteiger partial charge in [0.15, 0.2) is 5.13 Å². The van der Waals surface area contributed by atoms with Gasteiger partial charge in [0, 0.05) is 12.1 Å². The van der Waals surface area contributed by atoms with Crippen LogP contribution in [0.25, 0.3) is 10.2 Å². The number of carbonyl (C=O) groups is 1. The molecule has 0 fully saturated rings. The lowest BCUT2D eigenvalue weighted by Crippen LogP contribution is -2.33. The van der Waals surface area contributed by atoms with Crippen molar-refractivity contribution in [1.29, 1.82) is 0 Å². The molecule has 0 atom stereocenters. The highest BCUT2D eigenvalue weighted by Crippen LogP contribution is 2.32. The van der Waals surface area contributed by atoms with E-state index in [1.165, 1.54) is 22.5 Å². The highest BCUT2D eigenvalue weighted by Gasteiger charge is 2.21. The van der Waals surface area contributed by atoms with Crippen LogP contribution in [0.4, 0.5) is 5.13 Å². The molecule has 0 aliphatic carbocycles. The topological polar surface area (TPSA) is 45.7 Å². The molecule has 3 aromatic carbocycles. The maximum absolute atomic E-state index is 13.5. The average Bonchev–Trinajstić information content (AvgIpc) is 3.25. The van der Waals surface area contributed by atoms with Gasteiger partial charge in [0.25, 0.3) is 5.91 Å². The molecule has 0 spiro atoms. The number of rotatable bonds is 9. The van der Waals surface area contributed by atoms with Crippen molar-refractivity contribution in [3.63, 3.8) is 0 Å². The molecule has 0 N–H and O–H groups in total. The number of thiazole rings is 1. The first-order chi connectivity index (χ1) is 16.0. The van der Waals surface area contributed by atoms with Crippen LogP contribution in [0.1, 0.15) is 27.9 Å². The van der Waals surface area contributed by atoms with Crippen LogP contribution in [-0.2, 0) is 6.42 Å². The minimum atomic E-state index is -0.0222. The zero-order chi connectivity index (χ0) is 23.2. The van der Waals surface area contributed by atoms with Gasteiger partial charge < -0.3 is 9.64 Å². The Morgan fingerprint density at radius 3 is 2.36 bits per heavy atom. The van der Waals surface area contributed by atoms with E-state index in [0.29, 0.717) is 12.1 Å². The lowest BCUT2D eigenvalue weighted by molar-refractivity contribution is 0.0986. The highest BCUT2D eigenvalue weighted by molar-refractivity contribution is 7.22. The Hall–Kier alpha value is -3.22. The largest absolute Gasteiger partial charge is 0.497 e. The first kappa shape index (κ1) is 23.0. The molecule has 33 heavy (non-hydrogen) atoms. The van der Waals surface area contributed by atoms with Crippen LogP contribution in [0.5, 0.6) is 5.75 Å². The normalized spacial score (nSPS) is 11.2. The Morgan fingerprint density at radius 2 is 1.67 bits per heavy atom. The average molecular weight is 460 g/mol. The summed E-state index contributed by atoms with van der Waals surface area (Å²) in [7, 11) is 5.74. The van der Waals surface area contributed by atoms with E-state index in [9.17, 15) is 4.79 Å². The van der Waals surface area contributed by atoms with E-state index in [0.717, 1.165) is 40.5 Å². The zero-order valence-corrected chi connectivity index (χ0v) is 20.1. The number of ether oxygens (including phenoxy) is 1. The van der Waals surface area contributed by atoms with Gasteiger partial charge in [0.05, 0.1) is 17.3 Å². The second-order valence-corrected chi connectivity index (χ2v) is 9.31. The van der Waals surface area contributed by atoms with Crippen LogP contribution in [0, 0.1) is 0 Å². The SMILES string of the molecule is COc1ccc2nc(N(CCCN(C)C)C(=O)c3ccc(Cc4ccccc4)cc3)sc2c1. The van der Waals surface area contributed by atoms with Crippen molar-refractivity contribution in [2.24, 2.45) is 0 Å². The van der Waals surface area contributed by atoms with Crippen molar-refractivity contribution >= 4 is 32.6 Å². The molecule has 0 aliphatic rings. The molecule has 1 aromatic heterocycles. The molecule has 0 aliphatic heterocycles. The summed E-state index contributed by atoms with van der Waals surface area (Å²) in [6, 6.07) is 24.1. The number of fused-ring (bicyclic) bond motifs is 1. The van der Waals surface area contributed by atoms with Crippen LogP contribution in [0.3, 0.4) is 0 Å². The van der Waals surface area contributed by atoms with E-state index >= 15 is 0 Å². The van der Waals surface area contributed by atoms with E-state index in [1.807, 2.05) is 79.7 Å². The Balaban J connectivity index is 1.57. The van der Waals surface area contributed by atoms with Crippen molar-refractivity contribution < 1.29 is 9.53 Å². The molecule has 1 amide bonds. The van der Waals surface area contributed by atoms with Crippen molar-refractivity contribution in [2.45, 2.75) is 12.8 Å². The van der Waals surface area contributed by atoms with Gasteiger partial charge in [-0.2, -0.15) is 0 Å². The van der Waals surface area contributed by atoms with Crippen LogP contribution in [0.15, 0.2) is 72.8 Å². The number of carbonyl (C=O) groups excluding carboxylic acids is 1. The number of aromatic nitrogens is 1. The third-order valence-electron chi connectivity index (χ3n) is 5.50. The molecule has 0 bridgehead atoms. The summed E-state index contributed by atoms with van der Waals surface area (Å²) in [4.78, 5) is 22.2. The Bertz CT molecular complexity index is 1200. The van der Waals surface area contributed by atoms with Gasteiger partial charge in [-0.15, -0.1) is 0 Å². The number of nitrogens with zero attached hydrogens (tertiary/aromatic N) is 3. The van der Waals surface area contributed by atoms with Crippen molar-refractivity contribution in [3.05, 3.63) is 89.5 Å². The second-order valence-electron chi connectivity index (χ2n) is 8.30. The smallest absolute Gasteiger partial charge is 0.260 e. The monoisotopic (exact) mass is 459 g/mol. The highest BCUT2D eigenvalue weighted by atomic mass is 32.1. The molecular weight excluding hydrogens is 430 g/mol. The predicted octanol–water partition coefficient (Wildman–Crippen LogP) is 5.49. The fourth-order valence-electron chi connectivity index (χ4n) is 3.72. The third-order valence-corrected chi connectivity index (χ3v) is 6.54. The summed E-state index contributed by atoms with van der Waals surface area (Å²) in [6.45, 7) is 1.51. The molecule has 0 radical (unpaired) electrons. The first-order valence-corrected chi connectivity index (χ1v) is 11.9. The summed E-state index contributed by atoms with van der Waals surface area (Å²) in [5.74, 6) is 0.767. The van der Waals surface area contributed by atoms with Gasteiger partial charge in [-0.05, 0) is 74.9 Å². The number of anilines is 1. The van der Waals surface area contributed by atoms with Gasteiger partial charge in [-0.25, -0.2) is 4.98 Å². The maximum atomic E-state index is 13.5. The van der Waals surface area contributed by atoms with Gasteiger partial charge in [-0.1, -0.05) is 53.8 Å². The molecule has 4 rings (SSSR count). The van der Waals surface area contributed by atoms with Crippen molar-refractivity contribution in [2.75, 3.05) is 39.2 Å².